The third kappa shape index (κ3) is 3.64. The molecule has 0 spiro atoms. The van der Waals surface area contributed by atoms with Crippen LogP contribution in [0.3, 0.4) is 0 Å². The number of carbonyl (C=O) groups excluding carboxylic acids is 1. The number of morpholine rings is 1. The average molecular weight is 297 g/mol. The highest BCUT2D eigenvalue weighted by molar-refractivity contribution is 5.93. The Hall–Kier alpha value is -1.37. The molecule has 21 heavy (non-hydrogen) atoms. The van der Waals surface area contributed by atoms with Gasteiger partial charge in [-0.1, -0.05) is 0 Å². The molecule has 0 saturated carbocycles. The Bertz CT molecular complexity index is 508. The summed E-state index contributed by atoms with van der Waals surface area (Å²) in [5.41, 5.74) is 0.300. The number of ether oxygens (including phenoxy) is 2. The van der Waals surface area contributed by atoms with Gasteiger partial charge in [-0.2, -0.15) is 0 Å². The van der Waals surface area contributed by atoms with E-state index in [0.717, 1.165) is 5.56 Å². The van der Waals surface area contributed by atoms with Crippen LogP contribution in [0.1, 0.15) is 35.7 Å². The highest BCUT2D eigenvalue weighted by Gasteiger charge is 2.37. The van der Waals surface area contributed by atoms with Crippen molar-refractivity contribution < 1.29 is 23.8 Å². The number of aryl methyl sites for hydroxylation is 1. The van der Waals surface area contributed by atoms with E-state index in [0.29, 0.717) is 25.5 Å². The summed E-state index contributed by atoms with van der Waals surface area (Å²) in [6.07, 6.45) is -0.157. The van der Waals surface area contributed by atoms with Gasteiger partial charge < -0.3 is 23.9 Å². The van der Waals surface area contributed by atoms with Gasteiger partial charge in [-0.05, 0) is 26.8 Å². The van der Waals surface area contributed by atoms with Crippen molar-refractivity contribution >= 4 is 5.91 Å². The lowest BCUT2D eigenvalue weighted by Crippen LogP contribution is -2.55. The van der Waals surface area contributed by atoms with Crippen LogP contribution in [0.5, 0.6) is 0 Å². The van der Waals surface area contributed by atoms with E-state index in [4.69, 9.17) is 19.0 Å². The number of aliphatic hydroxyl groups excluding tert-OH is 1. The minimum Gasteiger partial charge on any atom is -0.453 e. The van der Waals surface area contributed by atoms with Crippen molar-refractivity contribution in [3.63, 3.8) is 0 Å². The van der Waals surface area contributed by atoms with Crippen LogP contribution in [-0.4, -0.2) is 54.4 Å². The van der Waals surface area contributed by atoms with E-state index in [2.05, 4.69) is 0 Å². The average Bonchev–Trinajstić information content (AvgIpc) is 2.77. The highest BCUT2D eigenvalue weighted by Crippen LogP contribution is 2.24. The molecule has 1 fully saturated rings. The molecule has 1 atom stereocenters. The van der Waals surface area contributed by atoms with E-state index in [1.807, 2.05) is 13.8 Å². The van der Waals surface area contributed by atoms with Crippen molar-refractivity contribution in [1.82, 2.24) is 4.90 Å². The molecule has 1 aliphatic rings. The molecular weight excluding hydrogens is 274 g/mol. The summed E-state index contributed by atoms with van der Waals surface area (Å²) >= 11 is 0. The first-order chi connectivity index (χ1) is 9.86. The summed E-state index contributed by atoms with van der Waals surface area (Å²) in [5.74, 6) is 0.509. The fraction of sp³-hybridized carbons (Fsp3) is 0.667. The van der Waals surface area contributed by atoms with E-state index in [1.54, 1.807) is 25.0 Å². The first-order valence-electron chi connectivity index (χ1n) is 7.02. The van der Waals surface area contributed by atoms with Gasteiger partial charge in [-0.15, -0.1) is 0 Å². The maximum atomic E-state index is 12.6. The SMILES string of the molecule is COC[C@@H]1CN(C(=O)c2oc(CO)cc2C)CC(C)(C)O1. The Labute approximate surface area is 124 Å². The van der Waals surface area contributed by atoms with E-state index >= 15 is 0 Å². The third-order valence-electron chi connectivity index (χ3n) is 3.44. The number of rotatable bonds is 4. The zero-order valence-corrected chi connectivity index (χ0v) is 13.0. The van der Waals surface area contributed by atoms with Gasteiger partial charge in [0.2, 0.25) is 0 Å². The van der Waals surface area contributed by atoms with Crippen molar-refractivity contribution in [2.24, 2.45) is 0 Å². The molecule has 1 aromatic rings. The maximum absolute atomic E-state index is 12.6. The van der Waals surface area contributed by atoms with Crippen LogP contribution in [0.2, 0.25) is 0 Å². The molecular formula is C15H23NO5. The topological polar surface area (TPSA) is 72.1 Å². The summed E-state index contributed by atoms with van der Waals surface area (Å²) in [7, 11) is 1.61. The molecule has 2 heterocycles. The highest BCUT2D eigenvalue weighted by atomic mass is 16.5. The van der Waals surface area contributed by atoms with Crippen LogP contribution < -0.4 is 0 Å². The molecule has 1 N–H and O–H groups in total. The molecule has 118 valence electrons. The molecule has 0 radical (unpaired) electrons. The number of furan rings is 1. The number of hydrogen-bond donors (Lipinski definition) is 1. The van der Waals surface area contributed by atoms with Crippen LogP contribution in [0, 0.1) is 6.92 Å². The van der Waals surface area contributed by atoms with Crippen LogP contribution in [0.4, 0.5) is 0 Å². The van der Waals surface area contributed by atoms with Crippen molar-refractivity contribution in [3.8, 4) is 0 Å². The van der Waals surface area contributed by atoms with Gasteiger partial charge in [-0.25, -0.2) is 0 Å². The van der Waals surface area contributed by atoms with E-state index in [1.165, 1.54) is 0 Å². The van der Waals surface area contributed by atoms with Crippen LogP contribution in [-0.2, 0) is 16.1 Å². The number of nitrogens with zero attached hydrogens (tertiary/aromatic N) is 1. The molecule has 0 unspecified atom stereocenters. The number of hydrogen-bond acceptors (Lipinski definition) is 5. The van der Waals surface area contributed by atoms with Crippen molar-refractivity contribution in [2.45, 2.75) is 39.1 Å². The summed E-state index contributed by atoms with van der Waals surface area (Å²) in [6, 6.07) is 1.69. The Balaban J connectivity index is 2.18. The van der Waals surface area contributed by atoms with Gasteiger partial charge in [0, 0.05) is 25.8 Å². The lowest BCUT2D eigenvalue weighted by Gasteiger charge is -2.42. The van der Waals surface area contributed by atoms with E-state index in [-0.39, 0.29) is 24.4 Å². The summed E-state index contributed by atoms with van der Waals surface area (Å²) in [6.45, 7) is 6.87. The predicted octanol–water partition coefficient (Wildman–Crippen LogP) is 1.35. The summed E-state index contributed by atoms with van der Waals surface area (Å²) < 4.78 is 16.5. The standard InChI is InChI=1S/C15H23NO5/c1-10-5-11(7-17)20-13(10)14(18)16-6-12(8-19-4)21-15(2,3)9-16/h5,12,17H,6-9H2,1-4H3/t12-/m0/s1. The summed E-state index contributed by atoms with van der Waals surface area (Å²) in [5, 5.41) is 9.11. The van der Waals surface area contributed by atoms with Gasteiger partial charge in [0.15, 0.2) is 5.76 Å². The van der Waals surface area contributed by atoms with Crippen LogP contribution in [0.15, 0.2) is 10.5 Å². The van der Waals surface area contributed by atoms with Crippen molar-refractivity contribution in [1.29, 1.82) is 0 Å². The van der Waals surface area contributed by atoms with E-state index < -0.39 is 5.60 Å². The van der Waals surface area contributed by atoms with Crippen LogP contribution in [0.25, 0.3) is 0 Å². The zero-order chi connectivity index (χ0) is 15.6. The molecule has 0 bridgehead atoms. The molecule has 1 amide bonds. The van der Waals surface area contributed by atoms with Crippen molar-refractivity contribution in [3.05, 3.63) is 23.2 Å². The van der Waals surface area contributed by atoms with E-state index in [9.17, 15) is 4.79 Å². The van der Waals surface area contributed by atoms with Gasteiger partial charge in [-0.3, -0.25) is 4.79 Å². The Morgan fingerprint density at radius 2 is 2.29 bits per heavy atom. The lowest BCUT2D eigenvalue weighted by molar-refractivity contribution is -0.143. The smallest absolute Gasteiger partial charge is 0.290 e. The maximum Gasteiger partial charge on any atom is 0.290 e. The monoisotopic (exact) mass is 297 g/mol. The fourth-order valence-electron chi connectivity index (χ4n) is 2.70. The number of amides is 1. The molecule has 2 rings (SSSR count). The minimum atomic E-state index is -0.433. The first kappa shape index (κ1) is 16.0. The molecule has 6 nitrogen and oxygen atoms in total. The second kappa shape index (κ2) is 6.17. The normalized spacial score (nSPS) is 21.6. The lowest BCUT2D eigenvalue weighted by atomic mass is 10.0. The number of carbonyl (C=O) groups is 1. The minimum absolute atomic E-state index is 0.157. The summed E-state index contributed by atoms with van der Waals surface area (Å²) in [4.78, 5) is 14.4. The molecule has 1 aromatic heterocycles. The molecule has 0 aromatic carbocycles. The Kier molecular flexibility index (Phi) is 4.70. The molecule has 1 aliphatic heterocycles. The molecule has 0 aliphatic carbocycles. The molecule has 1 saturated heterocycles. The third-order valence-corrected chi connectivity index (χ3v) is 3.44. The molecule has 6 heteroatoms. The number of aliphatic hydroxyl groups is 1. The Morgan fingerprint density at radius 1 is 1.57 bits per heavy atom. The van der Waals surface area contributed by atoms with Gasteiger partial charge in [0.25, 0.3) is 5.91 Å². The van der Waals surface area contributed by atoms with Gasteiger partial charge in [0.05, 0.1) is 18.3 Å². The quantitative estimate of drug-likeness (QED) is 0.908. The first-order valence-corrected chi connectivity index (χ1v) is 7.02. The van der Waals surface area contributed by atoms with Crippen LogP contribution >= 0.6 is 0 Å². The second-order valence-electron chi connectivity index (χ2n) is 6.02. The van der Waals surface area contributed by atoms with Gasteiger partial charge in [0.1, 0.15) is 12.4 Å². The predicted molar refractivity (Wildman–Crippen MR) is 76.1 cm³/mol. The fourth-order valence-corrected chi connectivity index (χ4v) is 2.70. The Morgan fingerprint density at radius 3 is 2.86 bits per heavy atom. The zero-order valence-electron chi connectivity index (χ0n) is 13.0. The second-order valence-corrected chi connectivity index (χ2v) is 6.02. The largest absolute Gasteiger partial charge is 0.453 e. The van der Waals surface area contributed by atoms with Gasteiger partial charge >= 0.3 is 0 Å². The van der Waals surface area contributed by atoms with Crippen molar-refractivity contribution in [2.75, 3.05) is 26.8 Å². The number of methoxy groups -OCH3 is 1.